The van der Waals surface area contributed by atoms with Gasteiger partial charge in [0.1, 0.15) is 34.6 Å². The number of piperazine rings is 1. The Balaban J connectivity index is 1.57. The molecular formula is C38H47F5N6O5S. The normalized spacial score (nSPS) is 21.0. The Morgan fingerprint density at radius 3 is 2.31 bits per heavy atom. The van der Waals surface area contributed by atoms with Crippen LogP contribution in [0.25, 0.3) is 22.0 Å². The first-order valence-electron chi connectivity index (χ1n) is 18.1. The topological polar surface area (TPSA) is 109 Å². The number of likely N-dealkylation sites (N-methyl/N-ethyl adjacent to an activating group) is 1. The highest BCUT2D eigenvalue weighted by Crippen LogP contribution is 2.50. The van der Waals surface area contributed by atoms with E-state index in [1.165, 1.54) is 0 Å². The van der Waals surface area contributed by atoms with Gasteiger partial charge in [-0.15, -0.1) is 0 Å². The first kappa shape index (κ1) is 40.5. The number of thioether (sulfide) groups is 1. The van der Waals surface area contributed by atoms with Crippen molar-refractivity contribution in [2.24, 2.45) is 0 Å². The average molecular weight is 795 g/mol. The van der Waals surface area contributed by atoms with Crippen molar-refractivity contribution in [3.63, 3.8) is 0 Å². The molecule has 2 bridgehead atoms. The highest BCUT2D eigenvalue weighted by Gasteiger charge is 2.54. The van der Waals surface area contributed by atoms with E-state index < -0.39 is 80.6 Å². The molecule has 0 radical (unpaired) electrons. The van der Waals surface area contributed by atoms with Crippen molar-refractivity contribution in [3.05, 3.63) is 35.0 Å². The lowest BCUT2D eigenvalue weighted by Gasteiger charge is -2.48. The largest absolute Gasteiger partial charge is 0.472 e. The van der Waals surface area contributed by atoms with E-state index >= 15 is 8.78 Å². The molecule has 55 heavy (non-hydrogen) atoms. The molecule has 300 valence electrons. The van der Waals surface area contributed by atoms with E-state index in [9.17, 15) is 22.8 Å². The van der Waals surface area contributed by atoms with Crippen LogP contribution >= 0.6 is 11.8 Å². The molecule has 5 heterocycles. The van der Waals surface area contributed by atoms with E-state index in [1.807, 2.05) is 23.9 Å². The molecule has 4 atom stereocenters. The Morgan fingerprint density at radius 2 is 1.69 bits per heavy atom. The molecule has 1 N–H and O–H groups in total. The lowest BCUT2D eigenvalue weighted by Crippen LogP contribution is -2.65. The third-order valence-electron chi connectivity index (χ3n) is 9.70. The first-order chi connectivity index (χ1) is 25.4. The smallest absolute Gasteiger partial charge is 0.446 e. The van der Waals surface area contributed by atoms with Crippen LogP contribution in [0.15, 0.2) is 17.0 Å². The molecule has 2 fully saturated rings. The number of hydrogen-bond donors (Lipinski definition) is 1. The van der Waals surface area contributed by atoms with Crippen molar-refractivity contribution in [2.75, 3.05) is 37.4 Å². The molecule has 11 nitrogen and oxygen atoms in total. The Labute approximate surface area is 321 Å². The highest BCUT2D eigenvalue weighted by molar-refractivity contribution is 8.00. The summed E-state index contributed by atoms with van der Waals surface area (Å²) in [7, 11) is 3.77. The molecule has 0 spiro atoms. The summed E-state index contributed by atoms with van der Waals surface area (Å²) in [6.07, 6.45) is -0.399. The van der Waals surface area contributed by atoms with Gasteiger partial charge in [0.2, 0.25) is 5.88 Å². The minimum absolute atomic E-state index is 0.0161. The number of rotatable bonds is 6. The number of aromatic nitrogens is 2. The zero-order valence-corrected chi connectivity index (χ0v) is 33.4. The summed E-state index contributed by atoms with van der Waals surface area (Å²) < 4.78 is 92.8. The van der Waals surface area contributed by atoms with Crippen molar-refractivity contribution in [2.45, 2.75) is 120 Å². The second-order valence-corrected chi connectivity index (χ2v) is 17.6. The van der Waals surface area contributed by atoms with Crippen LogP contribution in [0.5, 0.6) is 5.88 Å². The third kappa shape index (κ3) is 8.37. The van der Waals surface area contributed by atoms with Crippen LogP contribution in [-0.4, -0.2) is 100 Å². The molecule has 3 aliphatic rings. The van der Waals surface area contributed by atoms with Gasteiger partial charge in [0.05, 0.1) is 28.4 Å². The van der Waals surface area contributed by atoms with E-state index in [-0.39, 0.29) is 34.4 Å². The molecule has 2 saturated heterocycles. The minimum Gasteiger partial charge on any atom is -0.472 e. The number of ether oxygens (including phenoxy) is 3. The number of alkyl halides is 3. The van der Waals surface area contributed by atoms with Gasteiger partial charge in [-0.2, -0.15) is 13.2 Å². The zero-order chi connectivity index (χ0) is 40.5. The van der Waals surface area contributed by atoms with Crippen LogP contribution in [0.4, 0.5) is 43.0 Å². The number of carbonyl (C=O) groups is 2. The molecule has 0 unspecified atom stereocenters. The maximum atomic E-state index is 17.5. The van der Waals surface area contributed by atoms with E-state index in [1.54, 1.807) is 60.3 Å². The molecule has 2 aromatic heterocycles. The first-order valence-corrected chi connectivity index (χ1v) is 19.0. The Morgan fingerprint density at radius 1 is 1.02 bits per heavy atom. The lowest BCUT2D eigenvalue weighted by molar-refractivity contribution is -0.0329. The van der Waals surface area contributed by atoms with E-state index in [0.717, 1.165) is 6.07 Å². The standard InChI is InChI=1S/C38H47F5N6O5S/c1-18-24(13-14-47(9)10)45-32-27-26(18)28(40)29(22-15-20(44-34(50)53-36(3,4)5)16-23(39)31(22)55-38(41,42)43)46-33(27)52-19(2)30-25-12-11-21(17-48(30)32)49(25)35(51)54-37(6,7)8/h15-16,19,21,25,30H,11-14,17H2,1-10H3,(H,44,50)/t19-,21+,25-,30+/m0/s1. The van der Waals surface area contributed by atoms with Crippen molar-refractivity contribution >= 4 is 46.2 Å². The van der Waals surface area contributed by atoms with Gasteiger partial charge in [0, 0.05) is 41.8 Å². The SMILES string of the molecule is Cc1c(CCN(C)C)nc2c3c(nc(-c4cc(NC(=O)OC(C)(C)C)cc(F)c4SC(F)(F)F)c(F)c13)O[C@@H](C)[C@@H]1[C@@H]3CC[C@H](CN21)N3C(=O)OC(C)(C)C. The molecule has 2 amide bonds. The molecule has 3 aliphatic heterocycles. The molecule has 0 aliphatic carbocycles. The van der Waals surface area contributed by atoms with Gasteiger partial charge < -0.3 is 24.0 Å². The van der Waals surface area contributed by atoms with Gasteiger partial charge in [-0.1, -0.05) is 0 Å². The number of pyridine rings is 2. The summed E-state index contributed by atoms with van der Waals surface area (Å²) in [5.74, 6) is -2.09. The molecule has 17 heteroatoms. The lowest BCUT2D eigenvalue weighted by atomic mass is 9.96. The summed E-state index contributed by atoms with van der Waals surface area (Å²) in [5, 5.41) is 2.59. The minimum atomic E-state index is -4.96. The van der Waals surface area contributed by atoms with Gasteiger partial charge >= 0.3 is 17.7 Å². The number of amides is 2. The molecular weight excluding hydrogens is 748 g/mol. The van der Waals surface area contributed by atoms with Crippen LogP contribution in [0.2, 0.25) is 0 Å². The second-order valence-electron chi connectivity index (χ2n) is 16.6. The van der Waals surface area contributed by atoms with Crippen molar-refractivity contribution in [1.82, 2.24) is 19.8 Å². The Hall–Kier alpha value is -4.12. The van der Waals surface area contributed by atoms with Crippen LogP contribution < -0.4 is 15.0 Å². The van der Waals surface area contributed by atoms with Gasteiger partial charge in [0.25, 0.3) is 0 Å². The highest BCUT2D eigenvalue weighted by atomic mass is 32.2. The summed E-state index contributed by atoms with van der Waals surface area (Å²) in [6.45, 7) is 14.6. The second kappa shape index (κ2) is 14.4. The van der Waals surface area contributed by atoms with Gasteiger partial charge in [-0.25, -0.2) is 28.3 Å². The van der Waals surface area contributed by atoms with E-state index in [2.05, 4.69) is 10.3 Å². The number of nitrogens with one attached hydrogen (secondary N) is 1. The summed E-state index contributed by atoms with van der Waals surface area (Å²) >= 11 is -0.756. The number of halogens is 5. The zero-order valence-electron chi connectivity index (χ0n) is 32.6. The fraction of sp³-hybridized carbons (Fsp3) is 0.579. The number of anilines is 2. The fourth-order valence-electron chi connectivity index (χ4n) is 7.66. The number of fused-ring (bicyclic) bond motifs is 5. The average Bonchev–Trinajstić information content (AvgIpc) is 3.27. The number of carbonyl (C=O) groups excluding carboxylic acids is 2. The quantitative estimate of drug-likeness (QED) is 0.192. The van der Waals surface area contributed by atoms with E-state index in [4.69, 9.17) is 19.2 Å². The van der Waals surface area contributed by atoms with Crippen LogP contribution in [-0.2, 0) is 15.9 Å². The predicted octanol–water partition coefficient (Wildman–Crippen LogP) is 8.68. The Bertz CT molecular complexity index is 2020. The summed E-state index contributed by atoms with van der Waals surface area (Å²) in [6, 6.07) is 0.656. The monoisotopic (exact) mass is 794 g/mol. The number of nitrogens with zero attached hydrogens (tertiary/aromatic N) is 5. The molecule has 0 saturated carbocycles. The van der Waals surface area contributed by atoms with Crippen molar-refractivity contribution in [1.29, 1.82) is 0 Å². The fourth-order valence-corrected chi connectivity index (χ4v) is 8.32. The van der Waals surface area contributed by atoms with Crippen LogP contribution in [0.3, 0.4) is 0 Å². The molecule has 6 rings (SSSR count). The summed E-state index contributed by atoms with van der Waals surface area (Å²) in [5.41, 5.74) is -7.11. The third-order valence-corrected chi connectivity index (χ3v) is 10.5. The number of benzene rings is 1. The molecule has 3 aromatic rings. The van der Waals surface area contributed by atoms with Crippen molar-refractivity contribution < 1.29 is 45.8 Å². The van der Waals surface area contributed by atoms with E-state index in [0.29, 0.717) is 55.5 Å². The van der Waals surface area contributed by atoms with Crippen LogP contribution in [0, 0.1) is 18.6 Å². The molecule has 1 aromatic carbocycles. The Kier molecular flexibility index (Phi) is 10.6. The maximum Gasteiger partial charge on any atom is 0.446 e. The summed E-state index contributed by atoms with van der Waals surface area (Å²) in [4.78, 5) is 40.7. The number of hydrogen-bond acceptors (Lipinski definition) is 10. The predicted molar refractivity (Wildman–Crippen MR) is 200 cm³/mol. The van der Waals surface area contributed by atoms with Gasteiger partial charge in [-0.3, -0.25) is 10.2 Å². The van der Waals surface area contributed by atoms with Crippen molar-refractivity contribution in [3.8, 4) is 17.1 Å². The van der Waals surface area contributed by atoms with Crippen LogP contribution in [0.1, 0.15) is 72.6 Å². The maximum absolute atomic E-state index is 17.5. The number of aryl methyl sites for hydroxylation is 1. The van der Waals surface area contributed by atoms with Gasteiger partial charge in [-0.05, 0) is 112 Å². The van der Waals surface area contributed by atoms with Gasteiger partial charge in [0.15, 0.2) is 5.82 Å².